The molecule has 6 nitrogen and oxygen atoms in total. The first-order chi connectivity index (χ1) is 47.0. The van der Waals surface area contributed by atoms with E-state index in [1.807, 2.05) is 166 Å². The molecule has 0 saturated carbocycles. The SMILES string of the molecule is C1=CC2=Nc3ccccc3OC2C=C1.CC.CC.CC.CC.CC.CC1c2ccccc2-c2ccccc21.CCN1c2ccccc2Cc2ccccc21.CCN1c2ccccc2Oc2ccccc21.CCN1c2ccccc2Sc2ccccc21.c1ccc2sccc2c1. The van der Waals surface area contributed by atoms with Gasteiger partial charge in [0.1, 0.15) is 11.4 Å². The summed E-state index contributed by atoms with van der Waals surface area (Å²) in [5.41, 5.74) is 18.2. The first-order valence-corrected chi connectivity index (χ1v) is 36.2. The number of fused-ring (bicyclic) bond motifs is 12. The number of hydrogen-bond donors (Lipinski definition) is 0. The molecule has 490 valence electrons. The van der Waals surface area contributed by atoms with Gasteiger partial charge in [0.2, 0.25) is 0 Å². The van der Waals surface area contributed by atoms with Crippen molar-refractivity contribution in [2.75, 3.05) is 34.3 Å². The van der Waals surface area contributed by atoms with Crippen molar-refractivity contribution in [3.63, 3.8) is 0 Å². The van der Waals surface area contributed by atoms with Gasteiger partial charge in [-0.15, -0.1) is 11.3 Å². The molecule has 0 spiro atoms. The van der Waals surface area contributed by atoms with Gasteiger partial charge in [0.25, 0.3) is 0 Å². The van der Waals surface area contributed by atoms with E-state index in [-0.39, 0.29) is 6.10 Å². The molecule has 6 aliphatic rings. The lowest BCUT2D eigenvalue weighted by atomic mass is 9.96. The maximum atomic E-state index is 5.87. The van der Waals surface area contributed by atoms with Crippen LogP contribution in [-0.2, 0) is 6.42 Å². The molecule has 0 bridgehead atoms. The first-order valence-electron chi connectivity index (χ1n) is 34.5. The van der Waals surface area contributed by atoms with Gasteiger partial charge in [-0.05, 0) is 162 Å². The van der Waals surface area contributed by atoms with E-state index in [1.165, 1.54) is 76.0 Å². The van der Waals surface area contributed by atoms with E-state index < -0.39 is 0 Å². The summed E-state index contributed by atoms with van der Waals surface area (Å²) in [6.45, 7) is 31.8. The van der Waals surface area contributed by atoms with Crippen LogP contribution < -0.4 is 24.2 Å². The van der Waals surface area contributed by atoms with Gasteiger partial charge in [0.15, 0.2) is 17.6 Å². The number of aliphatic imine (C=N–C) groups is 1. The minimum atomic E-state index is -0.00472. The number of hydrogen-bond acceptors (Lipinski definition) is 8. The molecule has 1 aromatic heterocycles. The van der Waals surface area contributed by atoms with E-state index in [0.29, 0.717) is 5.92 Å². The van der Waals surface area contributed by atoms with Crippen LogP contribution in [0, 0.1) is 0 Å². The zero-order valence-corrected chi connectivity index (χ0v) is 60.1. The minimum absolute atomic E-state index is 0.00472. The number of benzene rings is 10. The minimum Gasteiger partial charge on any atom is -0.478 e. The van der Waals surface area contributed by atoms with Gasteiger partial charge < -0.3 is 24.2 Å². The fourth-order valence-corrected chi connectivity index (χ4v) is 13.6. The second-order valence-electron chi connectivity index (χ2n) is 20.9. The van der Waals surface area contributed by atoms with E-state index in [1.54, 1.807) is 11.3 Å². The van der Waals surface area contributed by atoms with Crippen molar-refractivity contribution in [2.24, 2.45) is 4.99 Å². The van der Waals surface area contributed by atoms with Crippen molar-refractivity contribution in [3.05, 3.63) is 301 Å². The summed E-state index contributed by atoms with van der Waals surface area (Å²) in [4.78, 5) is 14.3. The van der Waals surface area contributed by atoms with Crippen molar-refractivity contribution >= 4 is 78.7 Å². The number of para-hydroxylation sites is 10. The van der Waals surface area contributed by atoms with Crippen LogP contribution in [0.1, 0.15) is 125 Å². The van der Waals surface area contributed by atoms with Gasteiger partial charge in [0.05, 0.1) is 28.5 Å². The molecule has 1 unspecified atom stereocenters. The Kier molecular flexibility index (Phi) is 29.8. The molecule has 11 aromatic rings. The van der Waals surface area contributed by atoms with Crippen molar-refractivity contribution in [1.82, 2.24) is 0 Å². The maximum Gasteiger partial charge on any atom is 0.159 e. The highest BCUT2D eigenvalue weighted by molar-refractivity contribution is 7.99. The van der Waals surface area contributed by atoms with Gasteiger partial charge in [-0.25, -0.2) is 4.99 Å². The topological polar surface area (TPSA) is 40.5 Å². The van der Waals surface area contributed by atoms with Crippen LogP contribution in [0.4, 0.5) is 39.8 Å². The molecule has 0 N–H and O–H groups in total. The van der Waals surface area contributed by atoms with Crippen LogP contribution in [-0.4, -0.2) is 31.4 Å². The Morgan fingerprint density at radius 1 is 0.411 bits per heavy atom. The maximum absolute atomic E-state index is 5.87. The number of allylic oxidation sites excluding steroid dienone is 2. The zero-order valence-electron chi connectivity index (χ0n) is 58.5. The van der Waals surface area contributed by atoms with E-state index in [9.17, 15) is 0 Å². The third kappa shape index (κ3) is 17.9. The Labute approximate surface area is 578 Å². The lowest BCUT2D eigenvalue weighted by Gasteiger charge is -2.32. The Morgan fingerprint density at radius 2 is 0.821 bits per heavy atom. The number of nitrogens with zero attached hydrogens (tertiary/aromatic N) is 4. The largest absolute Gasteiger partial charge is 0.478 e. The Bertz CT molecular complexity index is 3760. The molecule has 0 fully saturated rings. The van der Waals surface area contributed by atoms with E-state index in [0.717, 1.165) is 66.1 Å². The van der Waals surface area contributed by atoms with Crippen LogP contribution in [0.15, 0.2) is 293 Å². The average Bonchev–Trinajstić information content (AvgIpc) is 1.78. The van der Waals surface area contributed by atoms with Crippen molar-refractivity contribution in [2.45, 2.75) is 125 Å². The predicted molar refractivity (Wildman–Crippen MR) is 418 cm³/mol. The number of thiophene rings is 1. The molecule has 4 aliphatic heterocycles. The monoisotopic (exact) mass is 1290 g/mol. The second-order valence-corrected chi connectivity index (χ2v) is 22.9. The molecule has 1 atom stereocenters. The van der Waals surface area contributed by atoms with Gasteiger partial charge in [-0.2, -0.15) is 0 Å². The lowest BCUT2D eigenvalue weighted by molar-refractivity contribution is 0.309. The summed E-state index contributed by atoms with van der Waals surface area (Å²) < 4.78 is 13.0. The third-order valence-corrected chi connectivity index (χ3v) is 17.8. The molecular weight excluding hydrogens is 1200 g/mol. The van der Waals surface area contributed by atoms with E-state index in [2.05, 4.69) is 241 Å². The van der Waals surface area contributed by atoms with Crippen molar-refractivity contribution in [1.29, 1.82) is 0 Å². The summed E-state index contributed by atoms with van der Waals surface area (Å²) in [6.07, 6.45) is 9.01. The first kappa shape index (κ1) is 73.1. The Balaban J connectivity index is 0.000000158. The van der Waals surface area contributed by atoms with Gasteiger partial charge in [-0.1, -0.05) is 264 Å². The smallest absolute Gasteiger partial charge is 0.159 e. The van der Waals surface area contributed by atoms with Crippen LogP contribution in [0.3, 0.4) is 0 Å². The standard InChI is InChI=1S/C15H15N.C14H13NO.C14H13NS.C14H12.C12H9NO.C8H6S.5C2H6/c1-2-16-14-9-5-3-7-12(14)11-13-8-4-6-10-15(13)16;2*1-2-15-11-7-3-5-9-13(11)16-14-10-6-4-8-12(14)15;1-10-11-6-2-4-8-13(11)14-9-5-3-7-12(10)14;1-3-7-11-9(5-1)13-10-6-2-4-8-12(10)14-11;1-2-4-8-7(3-1)5-6-9-8;5*1-2/h3-10H,2,11H2,1H3;2*3-10H,2H2,1H3;2-10H,1H3;1-8,11H;1-6H;5*1-2H3. The Morgan fingerprint density at radius 3 is 1.35 bits per heavy atom. The molecule has 0 radical (unpaired) electrons. The van der Waals surface area contributed by atoms with E-state index in [4.69, 9.17) is 9.47 Å². The van der Waals surface area contributed by atoms with E-state index >= 15 is 0 Å². The fourth-order valence-electron chi connectivity index (χ4n) is 11.7. The van der Waals surface area contributed by atoms with Gasteiger partial charge in [0, 0.05) is 57.8 Å². The molecule has 95 heavy (non-hydrogen) atoms. The highest BCUT2D eigenvalue weighted by Gasteiger charge is 2.26. The van der Waals surface area contributed by atoms with Crippen molar-refractivity contribution in [3.8, 4) is 28.4 Å². The second kappa shape index (κ2) is 38.7. The molecule has 0 amide bonds. The molecule has 10 aromatic carbocycles. The third-order valence-electron chi connectivity index (χ3n) is 15.8. The highest BCUT2D eigenvalue weighted by atomic mass is 32.2. The molecular formula is C87H98N4O2S2. The summed E-state index contributed by atoms with van der Waals surface area (Å²) in [7, 11) is 0. The molecule has 2 aliphatic carbocycles. The van der Waals surface area contributed by atoms with Crippen LogP contribution in [0.5, 0.6) is 17.2 Å². The van der Waals surface area contributed by atoms with Crippen LogP contribution in [0.25, 0.3) is 21.2 Å². The quantitative estimate of drug-likeness (QED) is 0.176. The van der Waals surface area contributed by atoms with Crippen molar-refractivity contribution < 1.29 is 9.47 Å². The number of ether oxygens (including phenoxy) is 2. The number of anilines is 6. The normalized spacial score (nSPS) is 13.1. The van der Waals surface area contributed by atoms with Gasteiger partial charge >= 0.3 is 0 Å². The highest BCUT2D eigenvalue weighted by Crippen LogP contribution is 2.49. The fraction of sp³-hybridized carbons (Fsp3) is 0.230. The molecule has 0 saturated heterocycles. The molecule has 5 heterocycles. The average molecular weight is 1300 g/mol. The van der Waals surface area contributed by atoms with Crippen LogP contribution in [0.2, 0.25) is 0 Å². The molecule has 17 rings (SSSR count). The molecule has 8 heteroatoms. The number of rotatable bonds is 3. The summed E-state index contributed by atoms with van der Waals surface area (Å²) in [6, 6.07) is 86.7. The van der Waals surface area contributed by atoms with Crippen LogP contribution >= 0.6 is 23.1 Å². The summed E-state index contributed by atoms with van der Waals surface area (Å²) in [5, 5.41) is 3.47. The lowest BCUT2D eigenvalue weighted by Crippen LogP contribution is -2.27. The summed E-state index contributed by atoms with van der Waals surface area (Å²) >= 11 is 3.65. The summed E-state index contributed by atoms with van der Waals surface area (Å²) in [5.74, 6) is 3.29. The Hall–Kier alpha value is -9.34. The van der Waals surface area contributed by atoms with Gasteiger partial charge in [-0.3, -0.25) is 0 Å². The zero-order chi connectivity index (χ0) is 67.9. The predicted octanol–water partition coefficient (Wildman–Crippen LogP) is 26.5.